The Bertz CT molecular complexity index is 287. The van der Waals surface area contributed by atoms with Gasteiger partial charge in [0.25, 0.3) is 0 Å². The van der Waals surface area contributed by atoms with Crippen LogP contribution in [0.25, 0.3) is 0 Å². The number of rotatable bonds is 7. The van der Waals surface area contributed by atoms with E-state index < -0.39 is 0 Å². The van der Waals surface area contributed by atoms with Gasteiger partial charge in [-0.05, 0) is 26.3 Å². The normalized spacial score (nSPS) is 12.6. The van der Waals surface area contributed by atoms with Gasteiger partial charge >= 0.3 is 0 Å². The number of nitrogens with two attached hydrogens (primary N) is 1. The third kappa shape index (κ3) is 4.90. The molecule has 0 saturated heterocycles. The van der Waals surface area contributed by atoms with Crippen molar-refractivity contribution in [2.24, 2.45) is 5.73 Å². The molecule has 5 heteroatoms. The summed E-state index contributed by atoms with van der Waals surface area (Å²) < 4.78 is 0. The quantitative estimate of drug-likeness (QED) is 0.693. The van der Waals surface area contributed by atoms with Crippen LogP contribution in [0.3, 0.4) is 0 Å². The van der Waals surface area contributed by atoms with Crippen molar-refractivity contribution in [3.63, 3.8) is 0 Å². The van der Waals surface area contributed by atoms with Crippen LogP contribution < -0.4 is 11.1 Å². The van der Waals surface area contributed by atoms with Gasteiger partial charge in [0.1, 0.15) is 0 Å². The van der Waals surface area contributed by atoms with Gasteiger partial charge in [-0.15, -0.1) is 11.3 Å². The van der Waals surface area contributed by atoms with E-state index in [2.05, 4.69) is 17.2 Å². The highest BCUT2D eigenvalue weighted by molar-refractivity contribution is 7.07. The summed E-state index contributed by atoms with van der Waals surface area (Å²) in [6, 6.07) is 0.282. The largest absolute Gasteiger partial charge is 0.370 e. The van der Waals surface area contributed by atoms with Gasteiger partial charge in [0.05, 0.1) is 11.2 Å². The van der Waals surface area contributed by atoms with Gasteiger partial charge in [-0.1, -0.05) is 0 Å². The first kappa shape index (κ1) is 12.1. The second-order valence-electron chi connectivity index (χ2n) is 3.51. The van der Waals surface area contributed by atoms with Crippen molar-refractivity contribution in [2.45, 2.75) is 32.2 Å². The van der Waals surface area contributed by atoms with Gasteiger partial charge in [0.2, 0.25) is 5.91 Å². The van der Waals surface area contributed by atoms with E-state index in [4.69, 9.17) is 5.73 Å². The molecule has 1 unspecified atom stereocenters. The van der Waals surface area contributed by atoms with Crippen molar-refractivity contribution in [1.82, 2.24) is 10.3 Å². The predicted molar refractivity (Wildman–Crippen MR) is 61.6 cm³/mol. The Morgan fingerprint density at radius 2 is 2.47 bits per heavy atom. The van der Waals surface area contributed by atoms with Crippen LogP contribution in [0.15, 0.2) is 10.9 Å². The van der Waals surface area contributed by atoms with E-state index in [1.807, 2.05) is 10.9 Å². The molecule has 0 aliphatic heterocycles. The van der Waals surface area contributed by atoms with Gasteiger partial charge in [0, 0.05) is 17.8 Å². The Morgan fingerprint density at radius 1 is 1.67 bits per heavy atom. The fourth-order valence-corrected chi connectivity index (χ4v) is 1.93. The first-order valence-corrected chi connectivity index (χ1v) is 6.04. The maximum atomic E-state index is 10.5. The van der Waals surface area contributed by atoms with Crippen LogP contribution in [0.5, 0.6) is 0 Å². The fraction of sp³-hybridized carbons (Fsp3) is 0.600. The van der Waals surface area contributed by atoms with Crippen molar-refractivity contribution in [3.8, 4) is 0 Å². The summed E-state index contributed by atoms with van der Waals surface area (Å²) in [5, 5.41) is 5.39. The molecule has 0 fully saturated rings. The Balaban J connectivity index is 2.08. The van der Waals surface area contributed by atoms with Crippen LogP contribution in [0.1, 0.15) is 37.9 Å². The van der Waals surface area contributed by atoms with Crippen LogP contribution in [0, 0.1) is 0 Å². The number of hydrogen-bond donors (Lipinski definition) is 2. The zero-order chi connectivity index (χ0) is 11.1. The van der Waals surface area contributed by atoms with Crippen LogP contribution in [0.2, 0.25) is 0 Å². The lowest BCUT2D eigenvalue weighted by atomic mass is 10.2. The summed E-state index contributed by atoms with van der Waals surface area (Å²) in [5.74, 6) is -0.220. The number of hydrogen-bond acceptors (Lipinski definition) is 4. The number of carbonyl (C=O) groups excluding carboxylic acids is 1. The summed E-state index contributed by atoms with van der Waals surface area (Å²) in [6.07, 6.45) is 2.30. The van der Waals surface area contributed by atoms with E-state index in [9.17, 15) is 4.79 Å². The molecule has 1 aromatic heterocycles. The van der Waals surface area contributed by atoms with Crippen LogP contribution in [0.4, 0.5) is 0 Å². The molecule has 4 nitrogen and oxygen atoms in total. The smallest absolute Gasteiger partial charge is 0.217 e. The zero-order valence-electron chi connectivity index (χ0n) is 8.90. The summed E-state index contributed by atoms with van der Waals surface area (Å²) >= 11 is 1.60. The lowest BCUT2D eigenvalue weighted by molar-refractivity contribution is -0.118. The first-order valence-electron chi connectivity index (χ1n) is 5.10. The van der Waals surface area contributed by atoms with Crippen LogP contribution in [-0.2, 0) is 4.79 Å². The van der Waals surface area contributed by atoms with Gasteiger partial charge in [-0.3, -0.25) is 4.79 Å². The highest BCUT2D eigenvalue weighted by atomic mass is 32.1. The summed E-state index contributed by atoms with van der Waals surface area (Å²) in [5.41, 5.74) is 7.96. The molecule has 0 bridgehead atoms. The lowest BCUT2D eigenvalue weighted by Crippen LogP contribution is -2.20. The number of thiazole rings is 1. The van der Waals surface area contributed by atoms with Gasteiger partial charge in [0.15, 0.2) is 0 Å². The van der Waals surface area contributed by atoms with E-state index in [1.165, 1.54) is 0 Å². The summed E-state index contributed by atoms with van der Waals surface area (Å²) in [4.78, 5) is 14.7. The number of nitrogens with one attached hydrogen (secondary N) is 1. The topological polar surface area (TPSA) is 68.0 Å². The Morgan fingerprint density at radius 3 is 3.07 bits per heavy atom. The van der Waals surface area contributed by atoms with E-state index in [0.29, 0.717) is 6.42 Å². The molecule has 0 aromatic carbocycles. The molecular formula is C10H17N3OS. The monoisotopic (exact) mass is 227 g/mol. The molecular weight excluding hydrogens is 210 g/mol. The Kier molecular flexibility index (Phi) is 5.28. The maximum Gasteiger partial charge on any atom is 0.217 e. The van der Waals surface area contributed by atoms with E-state index in [-0.39, 0.29) is 11.9 Å². The molecule has 0 aliphatic rings. The molecule has 1 aromatic rings. The third-order valence-electron chi connectivity index (χ3n) is 2.20. The number of unbranched alkanes of at least 4 members (excludes halogenated alkanes) is 1. The SMILES string of the molecule is CC(NCCCCC(N)=O)c1cscn1. The average Bonchev–Trinajstić information content (AvgIpc) is 2.69. The molecule has 3 N–H and O–H groups in total. The van der Waals surface area contributed by atoms with Crippen molar-refractivity contribution in [1.29, 1.82) is 0 Å². The summed E-state index contributed by atoms with van der Waals surface area (Å²) in [6.45, 7) is 2.98. The van der Waals surface area contributed by atoms with Crippen molar-refractivity contribution < 1.29 is 4.79 Å². The number of primary amides is 1. The van der Waals surface area contributed by atoms with Gasteiger partial charge < -0.3 is 11.1 Å². The molecule has 1 heterocycles. The standard InChI is InChI=1S/C10H17N3OS/c1-8(9-6-15-7-13-9)12-5-3-2-4-10(11)14/h6-8,12H,2-5H2,1H3,(H2,11,14). The number of nitrogens with zero attached hydrogens (tertiary/aromatic N) is 1. The molecule has 84 valence electrons. The molecule has 15 heavy (non-hydrogen) atoms. The number of aromatic nitrogens is 1. The highest BCUT2D eigenvalue weighted by Crippen LogP contribution is 2.11. The maximum absolute atomic E-state index is 10.5. The zero-order valence-corrected chi connectivity index (χ0v) is 9.72. The van der Waals surface area contributed by atoms with Crippen LogP contribution in [-0.4, -0.2) is 17.4 Å². The molecule has 0 radical (unpaired) electrons. The molecule has 0 spiro atoms. The van der Waals surface area contributed by atoms with Crippen LogP contribution >= 0.6 is 11.3 Å². The minimum Gasteiger partial charge on any atom is -0.370 e. The summed E-state index contributed by atoms with van der Waals surface area (Å²) in [7, 11) is 0. The van der Waals surface area contributed by atoms with Gasteiger partial charge in [-0.25, -0.2) is 4.98 Å². The molecule has 0 saturated carbocycles. The van der Waals surface area contributed by atoms with Crippen molar-refractivity contribution in [3.05, 3.63) is 16.6 Å². The van der Waals surface area contributed by atoms with E-state index in [0.717, 1.165) is 25.1 Å². The lowest BCUT2D eigenvalue weighted by Gasteiger charge is -2.10. The average molecular weight is 227 g/mol. The molecule has 1 amide bonds. The predicted octanol–water partition coefficient (Wildman–Crippen LogP) is 1.45. The van der Waals surface area contributed by atoms with Crippen molar-refractivity contribution in [2.75, 3.05) is 6.54 Å². The van der Waals surface area contributed by atoms with Gasteiger partial charge in [-0.2, -0.15) is 0 Å². The van der Waals surface area contributed by atoms with E-state index in [1.54, 1.807) is 11.3 Å². The highest BCUT2D eigenvalue weighted by Gasteiger charge is 2.05. The fourth-order valence-electron chi connectivity index (χ4n) is 1.28. The first-order chi connectivity index (χ1) is 7.20. The Hall–Kier alpha value is -0.940. The number of amides is 1. The number of carbonyl (C=O) groups is 1. The molecule has 1 atom stereocenters. The third-order valence-corrected chi connectivity index (χ3v) is 2.80. The second-order valence-corrected chi connectivity index (χ2v) is 4.23. The second kappa shape index (κ2) is 6.53. The van der Waals surface area contributed by atoms with Crippen molar-refractivity contribution >= 4 is 17.2 Å². The molecule has 1 rings (SSSR count). The minimum absolute atomic E-state index is 0.220. The Labute approximate surface area is 93.9 Å². The van der Waals surface area contributed by atoms with E-state index >= 15 is 0 Å². The minimum atomic E-state index is -0.220. The molecule has 0 aliphatic carbocycles.